The van der Waals surface area contributed by atoms with E-state index in [0.29, 0.717) is 0 Å². The number of sulfonamides is 1. The Morgan fingerprint density at radius 1 is 1.03 bits per heavy atom. The standard InChI is InChI=1S/C23H29N3O4SSi/c1-18-8-10-21(11-9-18)31(28,29)26(14-15-32(2,3)4)22-23(25-13-12-24-22)30-17-19-6-5-7-20(27)16-19/h5-13,16,27H,14-15,17H2,1-4H3. The summed E-state index contributed by atoms with van der Waals surface area (Å²) in [6, 6.07) is 14.2. The first kappa shape index (κ1) is 23.7. The zero-order chi connectivity index (χ0) is 23.4. The summed E-state index contributed by atoms with van der Waals surface area (Å²) in [6.45, 7) is 8.90. The van der Waals surface area contributed by atoms with Gasteiger partial charge in [0.25, 0.3) is 15.9 Å². The number of ether oxygens (including phenoxy) is 1. The number of anilines is 1. The van der Waals surface area contributed by atoms with Crippen LogP contribution in [-0.2, 0) is 16.6 Å². The first-order chi connectivity index (χ1) is 15.1. The third-order valence-corrected chi connectivity index (χ3v) is 8.37. The third kappa shape index (κ3) is 6.07. The van der Waals surface area contributed by atoms with E-state index in [-0.39, 0.29) is 35.5 Å². The third-order valence-electron chi connectivity index (χ3n) is 4.84. The van der Waals surface area contributed by atoms with E-state index in [1.807, 2.05) is 13.0 Å². The highest BCUT2D eigenvalue weighted by Gasteiger charge is 2.30. The Bertz CT molecular complexity index is 1160. The Hall–Kier alpha value is -2.91. The van der Waals surface area contributed by atoms with Gasteiger partial charge in [-0.2, -0.15) is 0 Å². The molecule has 9 heteroatoms. The number of aryl methyl sites for hydroxylation is 1. The number of benzene rings is 2. The van der Waals surface area contributed by atoms with Crippen LogP contribution in [0.4, 0.5) is 5.82 Å². The molecule has 0 atom stereocenters. The summed E-state index contributed by atoms with van der Waals surface area (Å²) in [5.74, 6) is 0.415. The van der Waals surface area contributed by atoms with Crippen LogP contribution in [0.3, 0.4) is 0 Å². The topological polar surface area (TPSA) is 92.6 Å². The fourth-order valence-corrected chi connectivity index (χ4v) is 5.48. The van der Waals surface area contributed by atoms with E-state index < -0.39 is 18.1 Å². The van der Waals surface area contributed by atoms with Gasteiger partial charge in [-0.1, -0.05) is 49.5 Å². The first-order valence-corrected chi connectivity index (χ1v) is 15.5. The van der Waals surface area contributed by atoms with E-state index in [0.717, 1.165) is 17.2 Å². The van der Waals surface area contributed by atoms with Crippen molar-refractivity contribution in [2.45, 2.75) is 44.1 Å². The summed E-state index contributed by atoms with van der Waals surface area (Å²) < 4.78 is 34.4. The van der Waals surface area contributed by atoms with Crippen LogP contribution >= 0.6 is 0 Å². The molecule has 0 aliphatic rings. The second-order valence-corrected chi connectivity index (χ2v) is 16.3. The lowest BCUT2D eigenvalue weighted by Crippen LogP contribution is -2.37. The Labute approximate surface area is 190 Å². The van der Waals surface area contributed by atoms with Crippen molar-refractivity contribution in [1.82, 2.24) is 9.97 Å². The highest BCUT2D eigenvalue weighted by Crippen LogP contribution is 2.30. The Morgan fingerprint density at radius 2 is 1.72 bits per heavy atom. The average molecular weight is 472 g/mol. The minimum Gasteiger partial charge on any atom is -0.508 e. The Kier molecular flexibility index (Phi) is 7.20. The van der Waals surface area contributed by atoms with Gasteiger partial charge in [0.2, 0.25) is 5.82 Å². The van der Waals surface area contributed by atoms with Gasteiger partial charge >= 0.3 is 0 Å². The molecule has 0 bridgehead atoms. The average Bonchev–Trinajstić information content (AvgIpc) is 2.72. The van der Waals surface area contributed by atoms with Crippen LogP contribution in [0.25, 0.3) is 0 Å². The second kappa shape index (κ2) is 9.70. The highest BCUT2D eigenvalue weighted by molar-refractivity contribution is 7.92. The van der Waals surface area contributed by atoms with Gasteiger partial charge in [0.1, 0.15) is 12.4 Å². The molecule has 0 spiro atoms. The van der Waals surface area contributed by atoms with Crippen LogP contribution in [0.1, 0.15) is 11.1 Å². The molecule has 170 valence electrons. The van der Waals surface area contributed by atoms with Crippen LogP contribution in [-0.4, -0.2) is 38.1 Å². The van der Waals surface area contributed by atoms with Crippen molar-refractivity contribution in [2.75, 3.05) is 10.8 Å². The largest absolute Gasteiger partial charge is 0.508 e. The van der Waals surface area contributed by atoms with Gasteiger partial charge < -0.3 is 9.84 Å². The van der Waals surface area contributed by atoms with E-state index in [2.05, 4.69) is 29.6 Å². The predicted molar refractivity (Wildman–Crippen MR) is 128 cm³/mol. The normalized spacial score (nSPS) is 11.9. The second-order valence-electron chi connectivity index (χ2n) is 8.84. The number of aromatic hydroxyl groups is 1. The number of phenols is 1. The summed E-state index contributed by atoms with van der Waals surface area (Å²) in [5, 5.41) is 9.68. The molecule has 3 rings (SSSR count). The van der Waals surface area contributed by atoms with Gasteiger partial charge in [0.15, 0.2) is 0 Å². The fourth-order valence-electron chi connectivity index (χ4n) is 3.00. The van der Waals surface area contributed by atoms with Gasteiger partial charge in [-0.25, -0.2) is 22.7 Å². The predicted octanol–water partition coefficient (Wildman–Crippen LogP) is 4.60. The molecule has 0 fully saturated rings. The molecular weight excluding hydrogens is 442 g/mol. The van der Waals surface area contributed by atoms with Gasteiger partial charge in [-0.15, -0.1) is 0 Å². The molecular formula is C23H29N3O4SSi. The first-order valence-electron chi connectivity index (χ1n) is 10.4. The number of hydrogen-bond donors (Lipinski definition) is 1. The summed E-state index contributed by atoms with van der Waals surface area (Å²) in [5.41, 5.74) is 1.71. The molecule has 0 unspecified atom stereocenters. The molecule has 1 N–H and O–H groups in total. The molecule has 0 saturated heterocycles. The maximum atomic E-state index is 13.6. The van der Waals surface area contributed by atoms with E-state index in [1.54, 1.807) is 42.5 Å². The molecule has 0 saturated carbocycles. The molecule has 1 aromatic heterocycles. The van der Waals surface area contributed by atoms with Crippen molar-refractivity contribution in [3.63, 3.8) is 0 Å². The van der Waals surface area contributed by atoms with E-state index in [1.165, 1.54) is 16.7 Å². The van der Waals surface area contributed by atoms with Gasteiger partial charge in [0, 0.05) is 27.0 Å². The Balaban J connectivity index is 1.98. The monoisotopic (exact) mass is 471 g/mol. The minimum atomic E-state index is -3.87. The summed E-state index contributed by atoms with van der Waals surface area (Å²) in [7, 11) is -5.43. The number of phenolic OH excluding ortho intramolecular Hbond substituents is 1. The highest BCUT2D eigenvalue weighted by atomic mass is 32.2. The minimum absolute atomic E-state index is 0.118. The number of nitrogens with zero attached hydrogens (tertiary/aromatic N) is 3. The van der Waals surface area contributed by atoms with Crippen molar-refractivity contribution in [2.24, 2.45) is 0 Å². The molecule has 0 amide bonds. The lowest BCUT2D eigenvalue weighted by molar-refractivity contribution is 0.293. The smallest absolute Gasteiger partial charge is 0.265 e. The quantitative estimate of drug-likeness (QED) is 0.458. The zero-order valence-corrected chi connectivity index (χ0v) is 20.6. The van der Waals surface area contributed by atoms with Gasteiger partial charge in [-0.05, 0) is 42.8 Å². The van der Waals surface area contributed by atoms with Crippen LogP contribution < -0.4 is 9.04 Å². The fraction of sp³-hybridized carbons (Fsp3) is 0.304. The molecule has 2 aromatic carbocycles. The van der Waals surface area contributed by atoms with E-state index in [9.17, 15) is 13.5 Å². The SMILES string of the molecule is Cc1ccc(S(=O)(=O)N(CC[Si](C)(C)C)c2nccnc2OCc2cccc(O)c2)cc1. The van der Waals surface area contributed by atoms with Gasteiger partial charge in [0.05, 0.1) is 4.90 Å². The van der Waals surface area contributed by atoms with Crippen LogP contribution in [0.5, 0.6) is 11.6 Å². The van der Waals surface area contributed by atoms with Crippen LogP contribution in [0.15, 0.2) is 65.8 Å². The van der Waals surface area contributed by atoms with Crippen LogP contribution in [0, 0.1) is 6.92 Å². The van der Waals surface area contributed by atoms with Crippen molar-refractivity contribution in [1.29, 1.82) is 0 Å². The van der Waals surface area contributed by atoms with Gasteiger partial charge in [-0.3, -0.25) is 0 Å². The molecule has 3 aromatic rings. The molecule has 0 radical (unpaired) electrons. The summed E-state index contributed by atoms with van der Waals surface area (Å²) >= 11 is 0. The number of aromatic nitrogens is 2. The summed E-state index contributed by atoms with van der Waals surface area (Å²) in [6.07, 6.45) is 2.93. The Morgan fingerprint density at radius 3 is 2.38 bits per heavy atom. The van der Waals surface area contributed by atoms with Crippen LogP contribution in [0.2, 0.25) is 25.7 Å². The maximum Gasteiger partial charge on any atom is 0.265 e. The molecule has 0 aliphatic heterocycles. The molecule has 32 heavy (non-hydrogen) atoms. The number of hydrogen-bond acceptors (Lipinski definition) is 6. The van der Waals surface area contributed by atoms with Crippen molar-refractivity contribution in [3.8, 4) is 11.6 Å². The molecule has 1 heterocycles. The molecule has 0 aliphatic carbocycles. The van der Waals surface area contributed by atoms with E-state index in [4.69, 9.17) is 4.74 Å². The zero-order valence-electron chi connectivity index (χ0n) is 18.8. The van der Waals surface area contributed by atoms with Crippen molar-refractivity contribution >= 4 is 23.9 Å². The lowest BCUT2D eigenvalue weighted by atomic mass is 10.2. The number of rotatable bonds is 9. The van der Waals surface area contributed by atoms with Crippen molar-refractivity contribution < 1.29 is 18.3 Å². The maximum absolute atomic E-state index is 13.6. The van der Waals surface area contributed by atoms with E-state index >= 15 is 0 Å². The van der Waals surface area contributed by atoms with Crippen molar-refractivity contribution in [3.05, 3.63) is 72.1 Å². The summed E-state index contributed by atoms with van der Waals surface area (Å²) in [4.78, 5) is 8.80. The lowest BCUT2D eigenvalue weighted by Gasteiger charge is -2.27. The molecule has 7 nitrogen and oxygen atoms in total.